The molecule has 4 rings (SSSR count). The van der Waals surface area contributed by atoms with Crippen molar-refractivity contribution in [3.05, 3.63) is 77.0 Å². The predicted octanol–water partition coefficient (Wildman–Crippen LogP) is 3.03. The van der Waals surface area contributed by atoms with Gasteiger partial charge in [0.2, 0.25) is 0 Å². The molecule has 1 aliphatic heterocycles. The Balaban J connectivity index is 1.48. The van der Waals surface area contributed by atoms with Gasteiger partial charge in [0.1, 0.15) is 0 Å². The highest BCUT2D eigenvalue weighted by atomic mass is 16.2. The van der Waals surface area contributed by atoms with E-state index < -0.39 is 0 Å². The van der Waals surface area contributed by atoms with Crippen LogP contribution in [-0.2, 0) is 6.54 Å². The summed E-state index contributed by atoms with van der Waals surface area (Å²) >= 11 is 0. The number of rotatable bonds is 4. The van der Waals surface area contributed by atoms with Gasteiger partial charge in [-0.1, -0.05) is 18.2 Å². The highest BCUT2D eigenvalue weighted by Crippen LogP contribution is 2.23. The number of aromatic nitrogens is 2. The third kappa shape index (κ3) is 2.89. The molecule has 1 aromatic heterocycles. The van der Waals surface area contributed by atoms with E-state index in [1.165, 1.54) is 4.90 Å². The number of carbonyl (C=O) groups excluding carboxylic acids is 2. The van der Waals surface area contributed by atoms with Gasteiger partial charge in [0.15, 0.2) is 0 Å². The summed E-state index contributed by atoms with van der Waals surface area (Å²) in [7, 11) is 0. The van der Waals surface area contributed by atoms with Gasteiger partial charge in [-0.3, -0.25) is 19.2 Å². The van der Waals surface area contributed by atoms with Crippen LogP contribution in [0.4, 0.5) is 0 Å². The van der Waals surface area contributed by atoms with Crippen molar-refractivity contribution >= 4 is 11.8 Å². The van der Waals surface area contributed by atoms with Gasteiger partial charge in [-0.05, 0) is 42.8 Å². The van der Waals surface area contributed by atoms with Gasteiger partial charge in [0.05, 0.1) is 35.0 Å². The van der Waals surface area contributed by atoms with E-state index in [1.807, 2.05) is 31.3 Å². The maximum absolute atomic E-state index is 12.4. The van der Waals surface area contributed by atoms with Crippen molar-refractivity contribution in [1.82, 2.24) is 14.7 Å². The van der Waals surface area contributed by atoms with Gasteiger partial charge in [-0.25, -0.2) is 0 Å². The third-order valence-corrected chi connectivity index (χ3v) is 4.71. The molecule has 132 valence electrons. The lowest BCUT2D eigenvalue weighted by Crippen LogP contribution is -2.33. The van der Waals surface area contributed by atoms with Gasteiger partial charge in [-0.15, -0.1) is 0 Å². The Kier molecular flexibility index (Phi) is 4.05. The standard InChI is InChI=1S/C21H16N4O2/c1-14-12-15(6-7-16(14)13-22)19-8-9-24(23-19)10-11-25-20(26)17-4-2-3-5-18(17)21(25)27/h2-9,12H,10-11H2,1H3. The van der Waals surface area contributed by atoms with E-state index in [9.17, 15) is 9.59 Å². The van der Waals surface area contributed by atoms with Gasteiger partial charge in [-0.2, -0.15) is 10.4 Å². The van der Waals surface area contributed by atoms with Crippen molar-refractivity contribution in [3.63, 3.8) is 0 Å². The molecule has 6 nitrogen and oxygen atoms in total. The molecule has 2 amide bonds. The summed E-state index contributed by atoms with van der Waals surface area (Å²) in [5.41, 5.74) is 4.16. The van der Waals surface area contributed by atoms with E-state index >= 15 is 0 Å². The fourth-order valence-corrected chi connectivity index (χ4v) is 3.23. The summed E-state index contributed by atoms with van der Waals surface area (Å²) in [5, 5.41) is 13.6. The van der Waals surface area contributed by atoms with Crippen molar-refractivity contribution in [3.8, 4) is 17.3 Å². The third-order valence-electron chi connectivity index (χ3n) is 4.71. The number of fused-ring (bicyclic) bond motifs is 1. The van der Waals surface area contributed by atoms with Crippen LogP contribution >= 0.6 is 0 Å². The first-order valence-corrected chi connectivity index (χ1v) is 8.58. The van der Waals surface area contributed by atoms with E-state index in [4.69, 9.17) is 5.26 Å². The number of carbonyl (C=O) groups is 2. The highest BCUT2D eigenvalue weighted by molar-refractivity contribution is 6.21. The Morgan fingerprint density at radius 1 is 1.00 bits per heavy atom. The zero-order chi connectivity index (χ0) is 19.0. The SMILES string of the molecule is Cc1cc(-c2ccn(CCN3C(=O)c4ccccc4C3=O)n2)ccc1C#N. The van der Waals surface area contributed by atoms with Crippen LogP contribution < -0.4 is 0 Å². The first-order valence-electron chi connectivity index (χ1n) is 8.58. The molecule has 1 aliphatic rings. The van der Waals surface area contributed by atoms with Crippen LogP contribution in [0.15, 0.2) is 54.7 Å². The molecule has 0 aliphatic carbocycles. The number of nitrogens with zero attached hydrogens (tertiary/aromatic N) is 4. The van der Waals surface area contributed by atoms with Crippen molar-refractivity contribution in [1.29, 1.82) is 5.26 Å². The molecule has 2 heterocycles. The van der Waals surface area contributed by atoms with Crippen molar-refractivity contribution in [2.45, 2.75) is 13.5 Å². The molecule has 0 unspecified atom stereocenters. The number of aryl methyl sites for hydroxylation is 1. The zero-order valence-electron chi connectivity index (χ0n) is 14.7. The largest absolute Gasteiger partial charge is 0.272 e. The molecule has 0 radical (unpaired) electrons. The number of amides is 2. The molecule has 0 bridgehead atoms. The zero-order valence-corrected chi connectivity index (χ0v) is 14.7. The quantitative estimate of drug-likeness (QED) is 0.673. The number of benzene rings is 2. The van der Waals surface area contributed by atoms with Crippen LogP contribution in [0.1, 0.15) is 31.8 Å². The van der Waals surface area contributed by atoms with Crippen LogP contribution in [-0.4, -0.2) is 33.0 Å². The van der Waals surface area contributed by atoms with Crippen LogP contribution in [0.3, 0.4) is 0 Å². The van der Waals surface area contributed by atoms with Gasteiger partial charge in [0.25, 0.3) is 11.8 Å². The molecule has 0 spiro atoms. The summed E-state index contributed by atoms with van der Waals surface area (Å²) < 4.78 is 1.71. The molecule has 3 aromatic rings. The minimum absolute atomic E-state index is 0.259. The fourth-order valence-electron chi connectivity index (χ4n) is 3.23. The summed E-state index contributed by atoms with van der Waals surface area (Å²) in [6.07, 6.45) is 1.82. The maximum Gasteiger partial charge on any atom is 0.261 e. The molecule has 27 heavy (non-hydrogen) atoms. The van der Waals surface area contributed by atoms with Crippen LogP contribution in [0.2, 0.25) is 0 Å². The molecule has 0 saturated heterocycles. The predicted molar refractivity (Wildman–Crippen MR) is 98.9 cm³/mol. The van der Waals surface area contributed by atoms with E-state index in [0.717, 1.165) is 16.8 Å². The Bertz CT molecular complexity index is 1070. The van der Waals surface area contributed by atoms with Gasteiger partial charge in [0, 0.05) is 18.3 Å². The second-order valence-electron chi connectivity index (χ2n) is 6.41. The highest BCUT2D eigenvalue weighted by Gasteiger charge is 2.34. The Morgan fingerprint density at radius 3 is 2.33 bits per heavy atom. The summed E-state index contributed by atoms with van der Waals surface area (Å²) in [6, 6.07) is 16.5. The van der Waals surface area contributed by atoms with E-state index in [-0.39, 0.29) is 18.4 Å². The van der Waals surface area contributed by atoms with Crippen molar-refractivity contribution in [2.24, 2.45) is 0 Å². The van der Waals surface area contributed by atoms with E-state index in [2.05, 4.69) is 11.2 Å². The first-order chi connectivity index (χ1) is 13.1. The van der Waals surface area contributed by atoms with Crippen LogP contribution in [0.25, 0.3) is 11.3 Å². The molecule has 0 atom stereocenters. The molecule has 2 aromatic carbocycles. The van der Waals surface area contributed by atoms with Gasteiger partial charge < -0.3 is 0 Å². The second-order valence-corrected chi connectivity index (χ2v) is 6.41. The maximum atomic E-state index is 12.4. The molecule has 0 fully saturated rings. The number of imide groups is 1. The smallest absolute Gasteiger partial charge is 0.261 e. The average molecular weight is 356 g/mol. The second kappa shape index (κ2) is 6.54. The lowest BCUT2D eigenvalue weighted by molar-refractivity contribution is 0.0647. The number of hydrogen-bond donors (Lipinski definition) is 0. The molecule has 0 saturated carbocycles. The first kappa shape index (κ1) is 16.7. The van der Waals surface area contributed by atoms with E-state index in [1.54, 1.807) is 35.0 Å². The monoisotopic (exact) mass is 356 g/mol. The normalized spacial score (nSPS) is 13.0. The minimum atomic E-state index is -0.259. The topological polar surface area (TPSA) is 79.0 Å². The molecule has 0 N–H and O–H groups in total. The van der Waals surface area contributed by atoms with Crippen LogP contribution in [0.5, 0.6) is 0 Å². The lowest BCUT2D eigenvalue weighted by Gasteiger charge is -2.13. The average Bonchev–Trinajstić information content (AvgIpc) is 3.25. The van der Waals surface area contributed by atoms with Crippen molar-refractivity contribution in [2.75, 3.05) is 6.54 Å². The number of hydrogen-bond acceptors (Lipinski definition) is 4. The minimum Gasteiger partial charge on any atom is -0.272 e. The molecular weight excluding hydrogens is 340 g/mol. The Labute approximate surface area is 156 Å². The van der Waals surface area contributed by atoms with Gasteiger partial charge >= 0.3 is 0 Å². The lowest BCUT2D eigenvalue weighted by atomic mass is 10.0. The molecule has 6 heteroatoms. The van der Waals surface area contributed by atoms with Crippen molar-refractivity contribution < 1.29 is 9.59 Å². The fraction of sp³-hybridized carbons (Fsp3) is 0.143. The summed E-state index contributed by atoms with van der Waals surface area (Å²) in [5.74, 6) is -0.517. The Hall–Kier alpha value is -3.72. The summed E-state index contributed by atoms with van der Waals surface area (Å²) in [6.45, 7) is 2.57. The van der Waals surface area contributed by atoms with Crippen LogP contribution in [0, 0.1) is 18.3 Å². The van der Waals surface area contributed by atoms with E-state index in [0.29, 0.717) is 23.2 Å². The number of nitriles is 1. The summed E-state index contributed by atoms with van der Waals surface area (Å²) in [4.78, 5) is 26.1. The molecular formula is C21H16N4O2. The Morgan fingerprint density at radius 2 is 1.70 bits per heavy atom.